The molecule has 136 valence electrons. The van der Waals surface area contributed by atoms with Crippen LogP contribution >= 0.6 is 35.4 Å². The van der Waals surface area contributed by atoms with Crippen molar-refractivity contribution >= 4 is 58.1 Å². The second kappa shape index (κ2) is 9.38. The van der Waals surface area contributed by atoms with Crippen LogP contribution in [0.25, 0.3) is 0 Å². The van der Waals surface area contributed by atoms with Crippen LogP contribution in [-0.2, 0) is 16.0 Å². The summed E-state index contributed by atoms with van der Waals surface area (Å²) in [6.07, 6.45) is 0.194. The minimum Gasteiger partial charge on any atom is -0.469 e. The lowest BCUT2D eigenvalue weighted by Crippen LogP contribution is -2.43. The molecule has 6 nitrogen and oxygen atoms in total. The molecule has 2 rings (SSSR count). The van der Waals surface area contributed by atoms with Gasteiger partial charge in [-0.15, -0.1) is 0 Å². The van der Waals surface area contributed by atoms with Crippen LogP contribution in [0.4, 0.5) is 5.69 Å². The van der Waals surface area contributed by atoms with Gasteiger partial charge < -0.3 is 10.1 Å². The highest BCUT2D eigenvalue weighted by Crippen LogP contribution is 2.22. The minimum atomic E-state index is -0.416. The van der Waals surface area contributed by atoms with Gasteiger partial charge in [0.15, 0.2) is 5.11 Å². The largest absolute Gasteiger partial charge is 0.469 e. The first-order valence-electron chi connectivity index (χ1n) is 7.37. The van der Waals surface area contributed by atoms with E-state index in [4.69, 9.17) is 35.4 Å². The normalized spacial score (nSPS) is 9.96. The Hall–Kier alpha value is -2.35. The van der Waals surface area contributed by atoms with Crippen molar-refractivity contribution in [2.75, 3.05) is 12.4 Å². The molecule has 0 aliphatic carbocycles. The van der Waals surface area contributed by atoms with Crippen LogP contribution in [0.2, 0.25) is 10.0 Å². The van der Waals surface area contributed by atoms with Crippen LogP contribution < -0.4 is 16.2 Å². The zero-order valence-electron chi connectivity index (χ0n) is 13.6. The maximum Gasteiger partial charge on any atom is 0.309 e. The van der Waals surface area contributed by atoms with Crippen molar-refractivity contribution in [2.24, 2.45) is 0 Å². The van der Waals surface area contributed by atoms with E-state index in [1.807, 2.05) is 0 Å². The summed E-state index contributed by atoms with van der Waals surface area (Å²) in [6, 6.07) is 11.6. The predicted octanol–water partition coefficient (Wildman–Crippen LogP) is 3.34. The summed E-state index contributed by atoms with van der Waals surface area (Å²) >= 11 is 16.8. The monoisotopic (exact) mass is 411 g/mol. The molecule has 3 N–H and O–H groups in total. The molecule has 2 aromatic rings. The Morgan fingerprint density at radius 1 is 1.04 bits per heavy atom. The molecule has 0 aliphatic heterocycles. The molecular weight excluding hydrogens is 397 g/mol. The number of halogens is 2. The average Bonchev–Trinajstić information content (AvgIpc) is 2.63. The van der Waals surface area contributed by atoms with E-state index in [1.165, 1.54) is 19.2 Å². The van der Waals surface area contributed by atoms with E-state index in [0.29, 0.717) is 16.3 Å². The number of anilines is 1. The van der Waals surface area contributed by atoms with Gasteiger partial charge in [0.25, 0.3) is 5.91 Å². The number of thiocarbonyl (C=S) groups is 1. The number of nitrogens with one attached hydrogen (secondary N) is 3. The number of carbonyl (C=O) groups is 2. The smallest absolute Gasteiger partial charge is 0.309 e. The number of esters is 1. The average molecular weight is 412 g/mol. The summed E-state index contributed by atoms with van der Waals surface area (Å²) < 4.78 is 4.61. The Morgan fingerprint density at radius 3 is 2.35 bits per heavy atom. The van der Waals surface area contributed by atoms with E-state index < -0.39 is 5.91 Å². The lowest BCUT2D eigenvalue weighted by Gasteiger charge is -2.12. The molecule has 1 amide bonds. The number of hydrogen-bond donors (Lipinski definition) is 3. The van der Waals surface area contributed by atoms with Gasteiger partial charge in [-0.3, -0.25) is 20.4 Å². The van der Waals surface area contributed by atoms with Crippen molar-refractivity contribution in [2.45, 2.75) is 6.42 Å². The number of amides is 1. The third-order valence-electron chi connectivity index (χ3n) is 3.26. The second-order valence-electron chi connectivity index (χ2n) is 5.11. The number of hydrogen-bond acceptors (Lipinski definition) is 4. The summed E-state index contributed by atoms with van der Waals surface area (Å²) in [7, 11) is 1.34. The van der Waals surface area contributed by atoms with Gasteiger partial charge in [0.2, 0.25) is 0 Å². The molecule has 0 saturated carbocycles. The van der Waals surface area contributed by atoms with Crippen molar-refractivity contribution in [1.29, 1.82) is 0 Å². The topological polar surface area (TPSA) is 79.5 Å². The van der Waals surface area contributed by atoms with E-state index in [1.54, 1.807) is 30.3 Å². The lowest BCUT2D eigenvalue weighted by molar-refractivity contribution is -0.139. The van der Waals surface area contributed by atoms with Crippen LogP contribution in [0.15, 0.2) is 42.5 Å². The molecule has 0 spiro atoms. The summed E-state index contributed by atoms with van der Waals surface area (Å²) in [6.45, 7) is 0. The maximum absolute atomic E-state index is 12.0. The summed E-state index contributed by atoms with van der Waals surface area (Å²) in [5, 5.41) is 3.75. The molecule has 9 heteroatoms. The third-order valence-corrected chi connectivity index (χ3v) is 4.20. The van der Waals surface area contributed by atoms with Crippen molar-refractivity contribution in [3.05, 3.63) is 63.6 Å². The van der Waals surface area contributed by atoms with Gasteiger partial charge in [-0.1, -0.05) is 35.3 Å². The Bertz CT molecular complexity index is 829. The van der Waals surface area contributed by atoms with Gasteiger partial charge in [-0.05, 0) is 48.1 Å². The SMILES string of the molecule is COC(=O)Cc1ccc(NC(=S)NNC(=O)c2ccc(Cl)c(Cl)c2)cc1. The van der Waals surface area contributed by atoms with Gasteiger partial charge in [0.05, 0.1) is 23.6 Å². The molecule has 0 heterocycles. The Labute approximate surface area is 165 Å². The van der Waals surface area contributed by atoms with Crippen LogP contribution in [0.5, 0.6) is 0 Å². The number of rotatable bonds is 4. The van der Waals surface area contributed by atoms with Gasteiger partial charge in [0.1, 0.15) is 0 Å². The molecule has 0 fully saturated rings. The molecule has 26 heavy (non-hydrogen) atoms. The highest BCUT2D eigenvalue weighted by atomic mass is 35.5. The van der Waals surface area contributed by atoms with Crippen molar-refractivity contribution in [3.63, 3.8) is 0 Å². The Kier molecular flexibility index (Phi) is 7.20. The van der Waals surface area contributed by atoms with E-state index >= 15 is 0 Å². The van der Waals surface area contributed by atoms with Gasteiger partial charge in [-0.2, -0.15) is 0 Å². The fourth-order valence-electron chi connectivity index (χ4n) is 1.93. The van der Waals surface area contributed by atoms with E-state index in [0.717, 1.165) is 5.56 Å². The number of hydrazine groups is 1. The first-order chi connectivity index (χ1) is 12.4. The van der Waals surface area contributed by atoms with Crippen LogP contribution in [0.3, 0.4) is 0 Å². The van der Waals surface area contributed by atoms with Crippen LogP contribution in [0.1, 0.15) is 15.9 Å². The molecule has 0 aliphatic rings. The first-order valence-corrected chi connectivity index (χ1v) is 8.53. The van der Waals surface area contributed by atoms with Crippen molar-refractivity contribution < 1.29 is 14.3 Å². The number of ether oxygens (including phenoxy) is 1. The quantitative estimate of drug-likeness (QED) is 0.406. The number of benzene rings is 2. The lowest BCUT2D eigenvalue weighted by atomic mass is 10.1. The summed E-state index contributed by atoms with van der Waals surface area (Å²) in [5.41, 5.74) is 6.89. The van der Waals surface area contributed by atoms with Crippen LogP contribution in [-0.4, -0.2) is 24.1 Å². The van der Waals surface area contributed by atoms with Gasteiger partial charge in [0, 0.05) is 11.3 Å². The number of methoxy groups -OCH3 is 1. The molecule has 0 saturated heterocycles. The molecule has 0 atom stereocenters. The molecule has 0 bridgehead atoms. The van der Waals surface area contributed by atoms with E-state index in [-0.39, 0.29) is 22.5 Å². The Balaban J connectivity index is 1.85. The van der Waals surface area contributed by atoms with Gasteiger partial charge >= 0.3 is 5.97 Å². The summed E-state index contributed by atoms with van der Waals surface area (Å²) in [4.78, 5) is 23.3. The fraction of sp³-hybridized carbons (Fsp3) is 0.118. The Morgan fingerprint density at radius 2 is 1.73 bits per heavy atom. The zero-order chi connectivity index (χ0) is 19.1. The maximum atomic E-state index is 12.0. The van der Waals surface area contributed by atoms with E-state index in [9.17, 15) is 9.59 Å². The number of carbonyl (C=O) groups excluding carboxylic acids is 2. The standard InChI is InChI=1S/C17H15Cl2N3O3S/c1-25-15(23)8-10-2-5-12(6-3-10)20-17(26)22-21-16(24)11-4-7-13(18)14(19)9-11/h2-7,9H,8H2,1H3,(H,21,24)(H2,20,22,26). The van der Waals surface area contributed by atoms with E-state index in [2.05, 4.69) is 20.9 Å². The predicted molar refractivity (Wildman–Crippen MR) is 105 cm³/mol. The molecule has 0 aromatic heterocycles. The molecule has 0 radical (unpaired) electrons. The fourth-order valence-corrected chi connectivity index (χ4v) is 2.40. The molecular formula is C17H15Cl2N3O3S. The first kappa shape index (κ1) is 20.0. The zero-order valence-corrected chi connectivity index (χ0v) is 16.0. The second-order valence-corrected chi connectivity index (χ2v) is 6.33. The highest BCUT2D eigenvalue weighted by Gasteiger charge is 2.08. The molecule has 2 aromatic carbocycles. The minimum absolute atomic E-state index is 0.194. The van der Waals surface area contributed by atoms with Crippen LogP contribution in [0, 0.1) is 0 Å². The van der Waals surface area contributed by atoms with Crippen molar-refractivity contribution in [1.82, 2.24) is 10.9 Å². The highest BCUT2D eigenvalue weighted by molar-refractivity contribution is 7.80. The molecule has 0 unspecified atom stereocenters. The van der Waals surface area contributed by atoms with Gasteiger partial charge in [-0.25, -0.2) is 0 Å². The third kappa shape index (κ3) is 5.87. The van der Waals surface area contributed by atoms with Crippen molar-refractivity contribution in [3.8, 4) is 0 Å². The summed E-state index contributed by atoms with van der Waals surface area (Å²) in [5.74, 6) is -0.728.